The van der Waals surface area contributed by atoms with E-state index in [2.05, 4.69) is 50.7 Å². The number of hydrazine groups is 2. The largest absolute Gasteiger partial charge is 0.460 e. The lowest BCUT2D eigenvalue weighted by Gasteiger charge is -2.47. The van der Waals surface area contributed by atoms with Gasteiger partial charge in [-0.25, -0.2) is 15.0 Å². The normalized spacial score (nSPS) is 25.4. The van der Waals surface area contributed by atoms with Gasteiger partial charge in [0.2, 0.25) is 6.41 Å². The van der Waals surface area contributed by atoms with Crippen LogP contribution in [-0.2, 0) is 20.9 Å². The number of nitrogens with zero attached hydrogens (tertiary/aromatic N) is 4. The number of hydrogen-bond donors (Lipinski definition) is 1. The van der Waals surface area contributed by atoms with Crippen molar-refractivity contribution >= 4 is 12.4 Å². The molecule has 4 rings (SSSR count). The third-order valence-electron chi connectivity index (χ3n) is 7.79. The molecule has 2 saturated heterocycles. The zero-order valence-electron chi connectivity index (χ0n) is 22.4. The Kier molecular flexibility index (Phi) is 9.39. The Morgan fingerprint density at radius 2 is 1.56 bits per heavy atom. The monoisotopic (exact) mass is 499 g/mol. The molecule has 36 heavy (non-hydrogen) atoms. The second-order valence-corrected chi connectivity index (χ2v) is 11.5. The molecule has 1 aromatic carbocycles. The molecule has 1 N–H and O–H groups in total. The van der Waals surface area contributed by atoms with Gasteiger partial charge in [0.1, 0.15) is 5.60 Å². The van der Waals surface area contributed by atoms with Gasteiger partial charge in [0.25, 0.3) is 0 Å². The molecule has 8 heteroatoms. The van der Waals surface area contributed by atoms with E-state index < -0.39 is 5.60 Å². The highest BCUT2D eigenvalue weighted by atomic mass is 16.6. The summed E-state index contributed by atoms with van der Waals surface area (Å²) in [6.07, 6.45) is 7.04. The van der Waals surface area contributed by atoms with E-state index in [1.165, 1.54) is 5.56 Å². The van der Waals surface area contributed by atoms with Gasteiger partial charge in [-0.15, -0.1) is 0 Å². The quantitative estimate of drug-likeness (QED) is 0.436. The summed E-state index contributed by atoms with van der Waals surface area (Å²) >= 11 is 0. The van der Waals surface area contributed by atoms with Gasteiger partial charge >= 0.3 is 5.97 Å². The molecule has 0 bridgehead atoms. The fourth-order valence-corrected chi connectivity index (χ4v) is 5.75. The van der Waals surface area contributed by atoms with E-state index in [0.29, 0.717) is 12.1 Å². The number of piperidine rings is 1. The summed E-state index contributed by atoms with van der Waals surface area (Å²) in [6, 6.07) is 11.4. The summed E-state index contributed by atoms with van der Waals surface area (Å²) in [6.45, 7) is 12.0. The maximum Gasteiger partial charge on any atom is 0.309 e. The highest BCUT2D eigenvalue weighted by molar-refractivity contribution is 5.73. The minimum absolute atomic E-state index is 0.00429. The van der Waals surface area contributed by atoms with Gasteiger partial charge in [-0.2, -0.15) is 0 Å². The molecule has 0 radical (unpaired) electrons. The Bertz CT molecular complexity index is 821. The minimum Gasteiger partial charge on any atom is -0.460 e. The Morgan fingerprint density at radius 3 is 2.14 bits per heavy atom. The van der Waals surface area contributed by atoms with Crippen molar-refractivity contribution in [3.05, 3.63) is 35.9 Å². The van der Waals surface area contributed by atoms with Crippen LogP contribution < -0.4 is 5.32 Å². The Balaban J connectivity index is 1.17. The summed E-state index contributed by atoms with van der Waals surface area (Å²) in [5, 5.41) is 12.7. The number of hydrogen-bond acceptors (Lipinski definition) is 7. The van der Waals surface area contributed by atoms with E-state index in [-0.39, 0.29) is 11.9 Å². The number of piperazine rings is 1. The smallest absolute Gasteiger partial charge is 0.309 e. The van der Waals surface area contributed by atoms with Gasteiger partial charge < -0.3 is 10.1 Å². The predicted octanol–water partition coefficient (Wildman–Crippen LogP) is 3.05. The standard InChI is InChI=1S/C28H45N5O3/c1-28(2,3)36-27(35)24-13-15-30(16-14-24)31-17-19-32(20-18-31)33(22-34)26-11-9-25(10-12-26)29-21-23-7-5-4-6-8-23/h4-8,22,24-26,29H,9-21H2,1-3H3. The van der Waals surface area contributed by atoms with E-state index in [1.807, 2.05) is 25.8 Å². The van der Waals surface area contributed by atoms with Crippen molar-refractivity contribution in [2.75, 3.05) is 39.3 Å². The third-order valence-corrected chi connectivity index (χ3v) is 7.79. The third kappa shape index (κ3) is 7.51. The van der Waals surface area contributed by atoms with E-state index in [1.54, 1.807) is 0 Å². The second kappa shape index (κ2) is 12.5. The van der Waals surface area contributed by atoms with Crippen molar-refractivity contribution in [3.63, 3.8) is 0 Å². The Labute approximate surface area is 216 Å². The highest BCUT2D eigenvalue weighted by Gasteiger charge is 2.34. The van der Waals surface area contributed by atoms with Crippen LogP contribution in [0.3, 0.4) is 0 Å². The maximum atomic E-state index is 12.4. The summed E-state index contributed by atoms with van der Waals surface area (Å²) < 4.78 is 5.59. The fourth-order valence-electron chi connectivity index (χ4n) is 5.75. The molecule has 0 atom stereocenters. The molecule has 1 aliphatic carbocycles. The average Bonchev–Trinajstić information content (AvgIpc) is 2.89. The van der Waals surface area contributed by atoms with Crippen LogP contribution in [0, 0.1) is 5.92 Å². The van der Waals surface area contributed by atoms with Gasteiger partial charge in [0.15, 0.2) is 0 Å². The number of carbonyl (C=O) groups is 2. The number of ether oxygens (including phenoxy) is 1. The number of carbonyl (C=O) groups excluding carboxylic acids is 2. The molecule has 1 amide bonds. The van der Waals surface area contributed by atoms with Crippen molar-refractivity contribution in [2.24, 2.45) is 5.92 Å². The van der Waals surface area contributed by atoms with Crippen molar-refractivity contribution in [1.29, 1.82) is 0 Å². The number of rotatable bonds is 8. The molecule has 0 aromatic heterocycles. The van der Waals surface area contributed by atoms with Crippen LogP contribution >= 0.6 is 0 Å². The van der Waals surface area contributed by atoms with Crippen LogP contribution in [0.4, 0.5) is 0 Å². The molecule has 3 fully saturated rings. The Morgan fingerprint density at radius 1 is 0.944 bits per heavy atom. The SMILES string of the molecule is CC(C)(C)OC(=O)C1CCN(N2CCN(N(C=O)C3CCC(NCc4ccccc4)CC3)CC2)CC1. The second-order valence-electron chi connectivity index (χ2n) is 11.5. The molecular formula is C28H45N5O3. The van der Waals surface area contributed by atoms with Crippen LogP contribution in [0.1, 0.15) is 64.9 Å². The molecule has 0 spiro atoms. The summed E-state index contributed by atoms with van der Waals surface area (Å²) in [7, 11) is 0. The number of esters is 1. The first-order valence-electron chi connectivity index (χ1n) is 13.8. The minimum atomic E-state index is -0.424. The van der Waals surface area contributed by atoms with Gasteiger partial charge in [-0.3, -0.25) is 14.6 Å². The first kappa shape index (κ1) is 27.0. The summed E-state index contributed by atoms with van der Waals surface area (Å²) in [5.41, 5.74) is 0.897. The van der Waals surface area contributed by atoms with Crippen LogP contribution in [0.5, 0.6) is 0 Å². The topological polar surface area (TPSA) is 68.4 Å². The van der Waals surface area contributed by atoms with Crippen molar-refractivity contribution < 1.29 is 14.3 Å². The first-order valence-corrected chi connectivity index (χ1v) is 13.8. The van der Waals surface area contributed by atoms with E-state index >= 15 is 0 Å². The summed E-state index contributed by atoms with van der Waals surface area (Å²) in [4.78, 5) is 24.5. The van der Waals surface area contributed by atoms with Crippen LogP contribution in [0.25, 0.3) is 0 Å². The first-order chi connectivity index (χ1) is 17.3. The van der Waals surface area contributed by atoms with Gasteiger partial charge in [-0.1, -0.05) is 30.3 Å². The van der Waals surface area contributed by atoms with Gasteiger partial charge in [0, 0.05) is 57.9 Å². The Hall–Kier alpha value is -2.00. The highest BCUT2D eigenvalue weighted by Crippen LogP contribution is 2.26. The average molecular weight is 500 g/mol. The predicted molar refractivity (Wildman–Crippen MR) is 141 cm³/mol. The number of nitrogens with one attached hydrogen (secondary N) is 1. The molecule has 1 aromatic rings. The molecule has 200 valence electrons. The van der Waals surface area contributed by atoms with Gasteiger partial charge in [0.05, 0.1) is 5.92 Å². The fraction of sp³-hybridized carbons (Fsp3) is 0.714. The molecule has 0 unspecified atom stereocenters. The van der Waals surface area contributed by atoms with E-state index in [9.17, 15) is 9.59 Å². The van der Waals surface area contributed by atoms with Crippen LogP contribution in [0.15, 0.2) is 30.3 Å². The lowest BCUT2D eigenvalue weighted by Crippen LogP contribution is -2.61. The van der Waals surface area contributed by atoms with Gasteiger partial charge in [-0.05, 0) is 64.9 Å². The van der Waals surface area contributed by atoms with E-state index in [4.69, 9.17) is 4.74 Å². The zero-order chi connectivity index (χ0) is 25.5. The lowest BCUT2D eigenvalue weighted by molar-refractivity contribution is -0.167. The molecule has 1 saturated carbocycles. The number of benzene rings is 1. The molecule has 2 heterocycles. The molecule has 3 aliphatic rings. The van der Waals surface area contributed by atoms with E-state index in [0.717, 1.165) is 90.7 Å². The summed E-state index contributed by atoms with van der Waals surface area (Å²) in [5.74, 6) is -0.0526. The van der Waals surface area contributed by atoms with Crippen LogP contribution in [-0.4, -0.2) is 89.4 Å². The molecule has 8 nitrogen and oxygen atoms in total. The lowest BCUT2D eigenvalue weighted by atomic mass is 9.90. The number of amides is 1. The van der Waals surface area contributed by atoms with Crippen molar-refractivity contribution in [3.8, 4) is 0 Å². The van der Waals surface area contributed by atoms with Crippen molar-refractivity contribution in [1.82, 2.24) is 25.4 Å². The van der Waals surface area contributed by atoms with Crippen LogP contribution in [0.2, 0.25) is 0 Å². The zero-order valence-corrected chi connectivity index (χ0v) is 22.4. The van der Waals surface area contributed by atoms with Crippen molar-refractivity contribution in [2.45, 2.75) is 83.5 Å². The maximum absolute atomic E-state index is 12.4. The molecular weight excluding hydrogens is 454 g/mol. The molecule has 2 aliphatic heterocycles.